The highest BCUT2D eigenvalue weighted by Crippen LogP contribution is 2.45. The van der Waals surface area contributed by atoms with Crippen LogP contribution in [0.2, 0.25) is 0 Å². The van der Waals surface area contributed by atoms with Crippen molar-refractivity contribution < 1.29 is 42.4 Å². The van der Waals surface area contributed by atoms with Crippen LogP contribution < -0.4 is 21.6 Å². The molecular weight excluding hydrogens is 630 g/mol. The molecule has 5 N–H and O–H groups in total. The first-order valence-electron chi connectivity index (χ1n) is 15.4. The summed E-state index contributed by atoms with van der Waals surface area (Å²) >= 11 is 0. The summed E-state index contributed by atoms with van der Waals surface area (Å²) in [6.45, 7) is 5.97. The molecule has 0 aromatic carbocycles. The smallest absolute Gasteiger partial charge is 0.351 e. The molecule has 0 amide bonds. The number of nitrogens with two attached hydrogens (primary N) is 1. The van der Waals surface area contributed by atoms with Crippen LogP contribution in [0.5, 0.6) is 0 Å². The Hall–Kier alpha value is -3.11. The molecule has 0 spiro atoms. The van der Waals surface area contributed by atoms with Crippen molar-refractivity contribution in [3.05, 3.63) is 33.2 Å². The molecule has 6 atom stereocenters. The molecule has 260 valence electrons. The number of rotatable bonds is 21. The van der Waals surface area contributed by atoms with E-state index >= 15 is 4.39 Å². The lowest BCUT2D eigenvalue weighted by molar-refractivity contribution is -0.145. The molecular formula is C27H46FN8O9P. The third-order valence-electron chi connectivity index (χ3n) is 7.07. The lowest BCUT2D eigenvalue weighted by atomic mass is 10.1. The quantitative estimate of drug-likeness (QED) is 0.0365. The van der Waals surface area contributed by atoms with Gasteiger partial charge in [-0.05, 0) is 38.3 Å². The molecule has 46 heavy (non-hydrogen) atoms. The molecule has 1 aromatic heterocycles. The molecule has 0 radical (unpaired) electrons. The monoisotopic (exact) mass is 676 g/mol. The number of anilines is 1. The minimum atomic E-state index is -4.51. The van der Waals surface area contributed by atoms with Gasteiger partial charge in [-0.2, -0.15) is 4.98 Å². The van der Waals surface area contributed by atoms with Crippen molar-refractivity contribution in [2.75, 3.05) is 25.6 Å². The number of aliphatic hydroxyl groups is 1. The molecule has 1 fully saturated rings. The number of unbranched alkanes of at least 4 members (excludes halogenated alkanes) is 6. The molecule has 0 bridgehead atoms. The molecule has 1 aromatic rings. The lowest BCUT2D eigenvalue weighted by Gasteiger charge is -2.31. The number of nitrogens with zero attached hydrogens (tertiary/aromatic N) is 5. The predicted octanol–water partition coefficient (Wildman–Crippen LogP) is 3.39. The molecule has 2 rings (SSSR count). The number of ether oxygens (including phenoxy) is 3. The fourth-order valence-electron chi connectivity index (χ4n) is 4.45. The first-order valence-corrected chi connectivity index (χ1v) is 17.0. The SMILES string of the molecule is CCCCCCOC(=O)[C@H](C)NP(=O)(N[C@@H](C)C(=O)OCCCCCC)OC[C@@]1(N=[N+]=[N-])O[C@@H](n2ccc(N)nc2=O)[C@H](F)[C@@H]1O. The summed E-state index contributed by atoms with van der Waals surface area (Å²) in [5.74, 6) is -1.69. The van der Waals surface area contributed by atoms with Gasteiger partial charge in [-0.15, -0.1) is 0 Å². The second-order valence-corrected chi connectivity index (χ2v) is 12.8. The summed E-state index contributed by atoms with van der Waals surface area (Å²) < 4.78 is 51.8. The summed E-state index contributed by atoms with van der Waals surface area (Å²) in [6.07, 6.45) is 1.54. The van der Waals surface area contributed by atoms with Crippen LogP contribution in [0, 0.1) is 0 Å². The largest absolute Gasteiger partial charge is 0.465 e. The Balaban J connectivity index is 2.27. The maximum absolute atomic E-state index is 15.4. The van der Waals surface area contributed by atoms with E-state index in [0.717, 1.165) is 44.7 Å². The number of carbonyl (C=O) groups is 2. The van der Waals surface area contributed by atoms with Gasteiger partial charge in [-0.1, -0.05) is 57.5 Å². The Morgan fingerprint density at radius 3 is 2.17 bits per heavy atom. The van der Waals surface area contributed by atoms with E-state index in [1.165, 1.54) is 19.9 Å². The molecule has 19 heteroatoms. The standard InChI is InChI=1S/C27H46FN8O9P/c1-5-7-9-11-15-42-24(38)18(3)32-46(41,33-19(4)25(39)43-16-12-10-8-6-2)44-17-27(34-35-30)22(37)21(28)23(45-27)36-14-13-20(29)31-26(36)40/h13-14,18-19,21-23,37H,5-12,15-17H2,1-4H3,(H2,29,31,40)(H2,32,33,41)/t18-,19-,21+,22-,23+,27+/m0/s1. The van der Waals surface area contributed by atoms with Gasteiger partial charge in [-0.3, -0.25) is 18.7 Å². The number of nitrogen functional groups attached to an aromatic ring is 1. The van der Waals surface area contributed by atoms with Gasteiger partial charge in [0.05, 0.1) is 19.8 Å². The van der Waals surface area contributed by atoms with Crippen molar-refractivity contribution in [1.82, 2.24) is 19.7 Å². The molecule has 0 saturated carbocycles. The van der Waals surface area contributed by atoms with Crippen molar-refractivity contribution in [1.29, 1.82) is 0 Å². The number of halogens is 1. The number of esters is 2. The van der Waals surface area contributed by atoms with E-state index in [4.69, 9.17) is 24.5 Å². The molecule has 17 nitrogen and oxygen atoms in total. The normalized spacial score (nSPS) is 22.5. The van der Waals surface area contributed by atoms with Crippen molar-refractivity contribution >= 4 is 25.4 Å². The van der Waals surface area contributed by atoms with Crippen molar-refractivity contribution in [3.8, 4) is 0 Å². The summed E-state index contributed by atoms with van der Waals surface area (Å²) in [7, 11) is -4.51. The molecule has 1 aliphatic rings. The lowest BCUT2D eigenvalue weighted by Crippen LogP contribution is -2.47. The van der Waals surface area contributed by atoms with Gasteiger partial charge >= 0.3 is 25.3 Å². The summed E-state index contributed by atoms with van der Waals surface area (Å²) in [6, 6.07) is -1.30. The van der Waals surface area contributed by atoms with Crippen LogP contribution in [0.1, 0.15) is 85.3 Å². The van der Waals surface area contributed by atoms with Crippen LogP contribution in [-0.4, -0.2) is 76.5 Å². The number of carbonyl (C=O) groups excluding carboxylic acids is 2. The maximum Gasteiger partial charge on any atom is 0.351 e. The van der Waals surface area contributed by atoms with E-state index in [9.17, 15) is 29.6 Å². The highest BCUT2D eigenvalue weighted by Gasteiger charge is 2.57. The zero-order valence-corrected chi connectivity index (χ0v) is 27.6. The summed E-state index contributed by atoms with van der Waals surface area (Å²) in [5.41, 5.74) is 11.2. The molecule has 0 unspecified atom stereocenters. The van der Waals surface area contributed by atoms with E-state index in [-0.39, 0.29) is 19.0 Å². The maximum atomic E-state index is 15.4. The average molecular weight is 677 g/mol. The highest BCUT2D eigenvalue weighted by molar-refractivity contribution is 7.54. The molecule has 1 saturated heterocycles. The van der Waals surface area contributed by atoms with E-state index < -0.39 is 68.2 Å². The molecule has 0 aliphatic carbocycles. The fraction of sp³-hybridized carbons (Fsp3) is 0.778. The van der Waals surface area contributed by atoms with E-state index in [1.807, 2.05) is 13.8 Å². The van der Waals surface area contributed by atoms with Gasteiger partial charge < -0.3 is 29.6 Å². The van der Waals surface area contributed by atoms with Gasteiger partial charge in [-0.25, -0.2) is 19.4 Å². The van der Waals surface area contributed by atoms with E-state index in [0.29, 0.717) is 17.4 Å². The van der Waals surface area contributed by atoms with Gasteiger partial charge in [0.1, 0.15) is 24.0 Å². The van der Waals surface area contributed by atoms with E-state index in [1.54, 1.807) is 0 Å². The Bertz CT molecular complexity index is 1260. The van der Waals surface area contributed by atoms with Crippen molar-refractivity contribution in [2.45, 2.75) is 115 Å². The Morgan fingerprint density at radius 1 is 1.15 bits per heavy atom. The third-order valence-corrected chi connectivity index (χ3v) is 9.02. The minimum absolute atomic E-state index is 0.128. The zero-order chi connectivity index (χ0) is 34.3. The van der Waals surface area contributed by atoms with Crippen LogP contribution in [0.25, 0.3) is 10.4 Å². The topological polar surface area (TPSA) is 242 Å². The van der Waals surface area contributed by atoms with Gasteiger partial charge in [0, 0.05) is 11.1 Å². The minimum Gasteiger partial charge on any atom is -0.465 e. The van der Waals surface area contributed by atoms with Crippen LogP contribution in [0.3, 0.4) is 0 Å². The first-order chi connectivity index (χ1) is 21.8. The molecule has 1 aliphatic heterocycles. The van der Waals surface area contributed by atoms with Gasteiger partial charge in [0.2, 0.25) is 5.72 Å². The number of aliphatic hydroxyl groups excluding tert-OH is 1. The van der Waals surface area contributed by atoms with Crippen LogP contribution in [0.15, 0.2) is 22.2 Å². The number of azide groups is 1. The van der Waals surface area contributed by atoms with E-state index in [2.05, 4.69) is 25.2 Å². The number of aromatic nitrogens is 2. The number of alkyl halides is 1. The number of hydrogen-bond acceptors (Lipinski definition) is 12. The van der Waals surface area contributed by atoms with Crippen LogP contribution in [-0.2, 0) is 32.9 Å². The number of hydrogen-bond donors (Lipinski definition) is 4. The Labute approximate surface area is 266 Å². The third kappa shape index (κ3) is 11.3. The fourth-order valence-corrected chi connectivity index (χ4v) is 6.27. The molecule has 2 heterocycles. The van der Waals surface area contributed by atoms with Crippen LogP contribution in [0.4, 0.5) is 10.2 Å². The average Bonchev–Trinajstić information content (AvgIpc) is 3.25. The Morgan fingerprint density at radius 2 is 1.70 bits per heavy atom. The summed E-state index contributed by atoms with van der Waals surface area (Å²) in [5, 5.41) is 19.1. The summed E-state index contributed by atoms with van der Waals surface area (Å²) in [4.78, 5) is 43.8. The zero-order valence-electron chi connectivity index (χ0n) is 26.7. The highest BCUT2D eigenvalue weighted by atomic mass is 31.2. The van der Waals surface area contributed by atoms with Gasteiger partial charge in [0.15, 0.2) is 12.4 Å². The van der Waals surface area contributed by atoms with Crippen molar-refractivity contribution in [2.24, 2.45) is 5.11 Å². The van der Waals surface area contributed by atoms with Crippen molar-refractivity contribution in [3.63, 3.8) is 0 Å². The number of nitrogens with one attached hydrogen (secondary N) is 2. The second-order valence-electron chi connectivity index (χ2n) is 11.0. The van der Waals surface area contributed by atoms with Crippen LogP contribution >= 0.6 is 7.67 Å². The van der Waals surface area contributed by atoms with Gasteiger partial charge in [0.25, 0.3) is 0 Å². The first kappa shape index (κ1) is 39.1. The second kappa shape index (κ2) is 18.9. The predicted molar refractivity (Wildman–Crippen MR) is 165 cm³/mol. The Kier molecular flexibility index (Phi) is 16.0.